The van der Waals surface area contributed by atoms with Gasteiger partial charge in [-0.1, -0.05) is 26.7 Å². The fourth-order valence-corrected chi connectivity index (χ4v) is 2.48. The summed E-state index contributed by atoms with van der Waals surface area (Å²) in [5.74, 6) is -0.658. The molecule has 0 spiro atoms. The molecular weight excluding hydrogens is 260 g/mol. The summed E-state index contributed by atoms with van der Waals surface area (Å²) < 4.78 is 5.55. The number of nitrogens with one attached hydrogen (secondary N) is 2. The van der Waals surface area contributed by atoms with Gasteiger partial charge in [0.25, 0.3) is 0 Å². The number of carboxylic acid groups (broad SMARTS) is 1. The number of aliphatic carboxylic acids is 1. The number of carboxylic acids is 1. The lowest BCUT2D eigenvalue weighted by atomic mass is 10.00. The van der Waals surface area contributed by atoms with Crippen LogP contribution in [0.2, 0.25) is 0 Å². The molecule has 0 aliphatic carbocycles. The van der Waals surface area contributed by atoms with Gasteiger partial charge in [0, 0.05) is 19.1 Å². The lowest BCUT2D eigenvalue weighted by Crippen LogP contribution is -2.47. The average molecular weight is 286 g/mol. The first-order chi connectivity index (χ1) is 9.58. The molecule has 0 aromatic heterocycles. The molecule has 1 saturated heterocycles. The highest BCUT2D eigenvalue weighted by Gasteiger charge is 2.27. The zero-order chi connectivity index (χ0) is 15.0. The lowest BCUT2D eigenvalue weighted by molar-refractivity contribution is -0.139. The number of hydrogen-bond donors (Lipinski definition) is 3. The van der Waals surface area contributed by atoms with Crippen LogP contribution in [0.5, 0.6) is 0 Å². The quantitative estimate of drug-likeness (QED) is 0.634. The molecule has 20 heavy (non-hydrogen) atoms. The summed E-state index contributed by atoms with van der Waals surface area (Å²) in [4.78, 5) is 22.8. The molecule has 0 aromatic rings. The Hall–Kier alpha value is -1.30. The molecule has 116 valence electrons. The third kappa shape index (κ3) is 5.36. The second-order valence-electron chi connectivity index (χ2n) is 5.25. The summed E-state index contributed by atoms with van der Waals surface area (Å²) in [6, 6.07) is -1.22. The van der Waals surface area contributed by atoms with Crippen LogP contribution < -0.4 is 10.6 Å². The molecule has 1 fully saturated rings. The zero-order valence-corrected chi connectivity index (χ0v) is 12.4. The third-order valence-corrected chi connectivity index (χ3v) is 3.72. The Kier molecular flexibility index (Phi) is 7.36. The van der Waals surface area contributed by atoms with E-state index in [1.165, 1.54) is 0 Å². The van der Waals surface area contributed by atoms with Gasteiger partial charge in [-0.2, -0.15) is 0 Å². The second kappa shape index (κ2) is 8.79. The zero-order valence-electron chi connectivity index (χ0n) is 12.4. The number of ether oxygens (including phenoxy) is 1. The Morgan fingerprint density at radius 2 is 2.15 bits per heavy atom. The molecule has 1 aliphatic rings. The van der Waals surface area contributed by atoms with Crippen molar-refractivity contribution in [3.8, 4) is 0 Å². The predicted octanol–water partition coefficient (Wildman–Crippen LogP) is 1.74. The number of carbonyl (C=O) groups excluding carboxylic acids is 1. The molecule has 1 aliphatic heterocycles. The van der Waals surface area contributed by atoms with Gasteiger partial charge < -0.3 is 20.5 Å². The van der Waals surface area contributed by atoms with Crippen LogP contribution in [0.3, 0.4) is 0 Å². The Bertz CT molecular complexity index is 322. The van der Waals surface area contributed by atoms with Crippen molar-refractivity contribution in [1.82, 2.24) is 10.6 Å². The SMILES string of the molecule is CCCC[C@H](NC(=O)NCC1CCOC1CC)C(=O)O. The van der Waals surface area contributed by atoms with Crippen LogP contribution in [0.25, 0.3) is 0 Å². The Morgan fingerprint density at radius 1 is 1.40 bits per heavy atom. The van der Waals surface area contributed by atoms with Crippen LogP contribution in [-0.2, 0) is 9.53 Å². The normalized spacial score (nSPS) is 23.3. The van der Waals surface area contributed by atoms with Crippen molar-refractivity contribution in [3.63, 3.8) is 0 Å². The summed E-state index contributed by atoms with van der Waals surface area (Å²) in [5, 5.41) is 14.3. The fourth-order valence-electron chi connectivity index (χ4n) is 2.48. The fraction of sp³-hybridized carbons (Fsp3) is 0.857. The summed E-state index contributed by atoms with van der Waals surface area (Å²) in [7, 11) is 0. The van der Waals surface area contributed by atoms with E-state index in [2.05, 4.69) is 17.6 Å². The van der Waals surface area contributed by atoms with Gasteiger partial charge in [-0.15, -0.1) is 0 Å². The summed E-state index contributed by atoms with van der Waals surface area (Å²) >= 11 is 0. The van der Waals surface area contributed by atoms with Crippen molar-refractivity contribution < 1.29 is 19.4 Å². The maximum Gasteiger partial charge on any atom is 0.326 e. The monoisotopic (exact) mass is 286 g/mol. The van der Waals surface area contributed by atoms with Crippen LogP contribution in [-0.4, -0.2) is 42.4 Å². The molecule has 0 radical (unpaired) electrons. The van der Waals surface area contributed by atoms with E-state index in [1.54, 1.807) is 0 Å². The second-order valence-corrected chi connectivity index (χ2v) is 5.25. The largest absolute Gasteiger partial charge is 0.480 e. The topological polar surface area (TPSA) is 87.7 Å². The highest BCUT2D eigenvalue weighted by atomic mass is 16.5. The van der Waals surface area contributed by atoms with Crippen LogP contribution >= 0.6 is 0 Å². The number of amides is 2. The minimum absolute atomic E-state index is 0.200. The van der Waals surface area contributed by atoms with E-state index in [0.29, 0.717) is 18.9 Å². The maximum atomic E-state index is 11.7. The highest BCUT2D eigenvalue weighted by Crippen LogP contribution is 2.22. The highest BCUT2D eigenvalue weighted by molar-refractivity contribution is 5.82. The van der Waals surface area contributed by atoms with Gasteiger partial charge in [-0.25, -0.2) is 9.59 Å². The van der Waals surface area contributed by atoms with Crippen molar-refractivity contribution in [1.29, 1.82) is 0 Å². The first kappa shape index (κ1) is 16.8. The van der Waals surface area contributed by atoms with E-state index < -0.39 is 18.0 Å². The molecule has 3 N–H and O–H groups in total. The van der Waals surface area contributed by atoms with Gasteiger partial charge in [0.05, 0.1) is 6.10 Å². The van der Waals surface area contributed by atoms with E-state index in [9.17, 15) is 9.59 Å². The molecule has 3 atom stereocenters. The van der Waals surface area contributed by atoms with Gasteiger partial charge in [0.1, 0.15) is 6.04 Å². The number of hydrogen-bond acceptors (Lipinski definition) is 3. The standard InChI is InChI=1S/C14H26N2O4/c1-3-5-6-11(13(17)18)16-14(19)15-9-10-7-8-20-12(10)4-2/h10-12H,3-9H2,1-2H3,(H,17,18)(H2,15,16,19)/t10?,11-,12?/m0/s1. The Labute approximate surface area is 120 Å². The Balaban J connectivity index is 2.32. The van der Waals surface area contributed by atoms with Gasteiger partial charge in [0.15, 0.2) is 0 Å². The van der Waals surface area contributed by atoms with Crippen molar-refractivity contribution in [2.24, 2.45) is 5.92 Å². The molecular formula is C14H26N2O4. The molecule has 2 amide bonds. The lowest BCUT2D eigenvalue weighted by Gasteiger charge is -2.19. The maximum absolute atomic E-state index is 11.7. The van der Waals surface area contributed by atoms with E-state index >= 15 is 0 Å². The first-order valence-electron chi connectivity index (χ1n) is 7.47. The number of urea groups is 1. The molecule has 6 heteroatoms. The first-order valence-corrected chi connectivity index (χ1v) is 7.47. The average Bonchev–Trinajstić information content (AvgIpc) is 2.88. The molecule has 2 unspecified atom stereocenters. The molecule has 1 heterocycles. The van der Waals surface area contributed by atoms with E-state index in [4.69, 9.17) is 9.84 Å². The number of rotatable bonds is 8. The molecule has 6 nitrogen and oxygen atoms in total. The third-order valence-electron chi connectivity index (χ3n) is 3.72. The van der Waals surface area contributed by atoms with E-state index in [-0.39, 0.29) is 6.10 Å². The number of carbonyl (C=O) groups is 2. The van der Waals surface area contributed by atoms with Crippen molar-refractivity contribution in [3.05, 3.63) is 0 Å². The molecule has 1 rings (SSSR count). The van der Waals surface area contributed by atoms with Crippen molar-refractivity contribution >= 4 is 12.0 Å². The smallest absolute Gasteiger partial charge is 0.326 e. The minimum atomic E-state index is -0.982. The van der Waals surface area contributed by atoms with Crippen LogP contribution in [0.4, 0.5) is 4.79 Å². The summed E-state index contributed by atoms with van der Waals surface area (Å²) in [6.07, 6.45) is 4.23. The van der Waals surface area contributed by atoms with Crippen LogP contribution in [0, 0.1) is 5.92 Å². The van der Waals surface area contributed by atoms with Gasteiger partial charge in [0.2, 0.25) is 0 Å². The Morgan fingerprint density at radius 3 is 2.75 bits per heavy atom. The minimum Gasteiger partial charge on any atom is -0.480 e. The van der Waals surface area contributed by atoms with Gasteiger partial charge in [-0.3, -0.25) is 0 Å². The van der Waals surface area contributed by atoms with Gasteiger partial charge in [-0.05, 0) is 19.3 Å². The summed E-state index contributed by atoms with van der Waals surface area (Å²) in [5.41, 5.74) is 0. The van der Waals surface area contributed by atoms with E-state index in [1.807, 2.05) is 6.92 Å². The molecule has 0 bridgehead atoms. The summed E-state index contributed by atoms with van der Waals surface area (Å²) in [6.45, 7) is 5.32. The molecule has 0 aromatic carbocycles. The van der Waals surface area contributed by atoms with Crippen molar-refractivity contribution in [2.75, 3.05) is 13.2 Å². The number of unbranched alkanes of at least 4 members (excludes halogenated alkanes) is 1. The van der Waals surface area contributed by atoms with Gasteiger partial charge >= 0.3 is 12.0 Å². The van der Waals surface area contributed by atoms with Crippen LogP contribution in [0.15, 0.2) is 0 Å². The van der Waals surface area contributed by atoms with Crippen molar-refractivity contribution in [2.45, 2.75) is 58.1 Å². The molecule has 0 saturated carbocycles. The van der Waals surface area contributed by atoms with E-state index in [0.717, 1.165) is 32.3 Å². The predicted molar refractivity (Wildman–Crippen MR) is 75.6 cm³/mol. The van der Waals surface area contributed by atoms with Crippen LogP contribution in [0.1, 0.15) is 46.0 Å².